The lowest BCUT2D eigenvalue weighted by atomic mass is 10.3. The minimum absolute atomic E-state index is 0.640. The quantitative estimate of drug-likeness (QED) is 0.600. The molecule has 0 saturated heterocycles. The number of rotatable bonds is 11. The van der Waals surface area contributed by atoms with Crippen LogP contribution in [0.2, 0.25) is 0 Å². The predicted molar refractivity (Wildman–Crippen MR) is 84.3 cm³/mol. The Hall–Kier alpha value is -0.920. The smallest absolute Gasteiger partial charge is 0.224 e. The average Bonchev–Trinajstić information content (AvgIpc) is 2.45. The van der Waals surface area contributed by atoms with Crippen LogP contribution in [0.5, 0.6) is 0 Å². The van der Waals surface area contributed by atoms with Gasteiger partial charge < -0.3 is 20.1 Å². The Labute approximate surface area is 128 Å². The molecule has 0 aliphatic carbocycles. The van der Waals surface area contributed by atoms with Crippen LogP contribution in [-0.2, 0) is 9.47 Å². The molecule has 0 aliphatic heterocycles. The summed E-state index contributed by atoms with van der Waals surface area (Å²) in [6, 6.07) is 0. The van der Waals surface area contributed by atoms with E-state index in [-0.39, 0.29) is 0 Å². The van der Waals surface area contributed by atoms with E-state index in [1.165, 1.54) is 0 Å². The molecule has 0 unspecified atom stereocenters. The van der Waals surface area contributed by atoms with E-state index < -0.39 is 0 Å². The third-order valence-corrected chi connectivity index (χ3v) is 3.10. The summed E-state index contributed by atoms with van der Waals surface area (Å²) in [5.74, 6) is 1.46. The van der Waals surface area contributed by atoms with Gasteiger partial charge in [-0.1, -0.05) is 0 Å². The first-order valence-electron chi connectivity index (χ1n) is 6.85. The van der Waals surface area contributed by atoms with E-state index in [9.17, 15) is 0 Å². The first kappa shape index (κ1) is 17.1. The number of aromatic nitrogens is 2. The summed E-state index contributed by atoms with van der Waals surface area (Å²) >= 11 is 3.44. The van der Waals surface area contributed by atoms with Crippen molar-refractivity contribution in [3.63, 3.8) is 0 Å². The van der Waals surface area contributed by atoms with Crippen molar-refractivity contribution in [2.75, 3.05) is 50.7 Å². The van der Waals surface area contributed by atoms with Crippen molar-refractivity contribution in [1.82, 2.24) is 9.97 Å². The van der Waals surface area contributed by atoms with Crippen LogP contribution in [0.4, 0.5) is 11.8 Å². The Morgan fingerprint density at radius 3 is 2.80 bits per heavy atom. The summed E-state index contributed by atoms with van der Waals surface area (Å²) in [7, 11) is 1.68. The van der Waals surface area contributed by atoms with Gasteiger partial charge in [0.25, 0.3) is 0 Å². The molecule has 7 heteroatoms. The molecule has 1 aromatic rings. The van der Waals surface area contributed by atoms with Crippen molar-refractivity contribution in [2.45, 2.75) is 19.8 Å². The van der Waals surface area contributed by atoms with Gasteiger partial charge in [-0.3, -0.25) is 0 Å². The summed E-state index contributed by atoms with van der Waals surface area (Å²) in [6.45, 7) is 5.75. The Balaban J connectivity index is 2.19. The van der Waals surface area contributed by atoms with Gasteiger partial charge in [0, 0.05) is 33.0 Å². The summed E-state index contributed by atoms with van der Waals surface area (Å²) in [6.07, 6.45) is 3.79. The Bertz CT molecular complexity index is 379. The lowest BCUT2D eigenvalue weighted by Crippen LogP contribution is -2.09. The van der Waals surface area contributed by atoms with Crippen LogP contribution in [0, 0.1) is 0 Å². The van der Waals surface area contributed by atoms with E-state index >= 15 is 0 Å². The SMILES string of the molecule is CCNc1ncc(Br)c(NCCCCOCCOC)n1. The highest BCUT2D eigenvalue weighted by atomic mass is 79.9. The third-order valence-electron chi connectivity index (χ3n) is 2.52. The van der Waals surface area contributed by atoms with E-state index in [4.69, 9.17) is 9.47 Å². The highest BCUT2D eigenvalue weighted by Crippen LogP contribution is 2.19. The second kappa shape index (κ2) is 10.8. The van der Waals surface area contributed by atoms with Gasteiger partial charge >= 0.3 is 0 Å². The molecule has 0 aliphatic rings. The number of unbranched alkanes of at least 4 members (excludes halogenated alkanes) is 1. The number of hydrogen-bond acceptors (Lipinski definition) is 6. The topological polar surface area (TPSA) is 68.3 Å². The van der Waals surface area contributed by atoms with E-state index in [1.807, 2.05) is 6.92 Å². The Kier molecular flexibility index (Phi) is 9.27. The molecule has 1 rings (SSSR count). The highest BCUT2D eigenvalue weighted by Gasteiger charge is 2.03. The standard InChI is InChI=1S/C13H23BrN4O2/c1-3-15-13-17-10-11(14)12(18-13)16-6-4-5-7-20-9-8-19-2/h10H,3-9H2,1-2H3,(H2,15,16,17,18). The van der Waals surface area contributed by atoms with Gasteiger partial charge in [-0.15, -0.1) is 0 Å². The van der Waals surface area contributed by atoms with Gasteiger partial charge in [0.05, 0.1) is 17.7 Å². The average molecular weight is 347 g/mol. The van der Waals surface area contributed by atoms with Gasteiger partial charge in [-0.2, -0.15) is 4.98 Å². The van der Waals surface area contributed by atoms with Crippen LogP contribution in [0.15, 0.2) is 10.7 Å². The third kappa shape index (κ3) is 7.02. The summed E-state index contributed by atoms with van der Waals surface area (Å²) < 4.78 is 11.2. The molecular weight excluding hydrogens is 324 g/mol. The van der Waals surface area contributed by atoms with Crippen molar-refractivity contribution in [2.24, 2.45) is 0 Å². The van der Waals surface area contributed by atoms with E-state index in [1.54, 1.807) is 13.3 Å². The molecule has 2 N–H and O–H groups in total. The van der Waals surface area contributed by atoms with Crippen LogP contribution in [0.1, 0.15) is 19.8 Å². The maximum absolute atomic E-state index is 5.40. The first-order chi connectivity index (χ1) is 9.77. The summed E-state index contributed by atoms with van der Waals surface area (Å²) in [5, 5.41) is 6.39. The molecule has 6 nitrogen and oxygen atoms in total. The maximum Gasteiger partial charge on any atom is 0.224 e. The summed E-state index contributed by atoms with van der Waals surface area (Å²) in [5.41, 5.74) is 0. The maximum atomic E-state index is 5.40. The van der Waals surface area contributed by atoms with Gasteiger partial charge in [-0.05, 0) is 35.7 Å². The monoisotopic (exact) mass is 346 g/mol. The lowest BCUT2D eigenvalue weighted by Gasteiger charge is -2.09. The number of ether oxygens (including phenoxy) is 2. The number of hydrogen-bond donors (Lipinski definition) is 2. The van der Waals surface area contributed by atoms with Crippen LogP contribution in [-0.4, -0.2) is 50.0 Å². The Morgan fingerprint density at radius 2 is 2.05 bits per heavy atom. The van der Waals surface area contributed by atoms with Crippen molar-refractivity contribution in [1.29, 1.82) is 0 Å². The number of halogens is 1. The molecule has 0 bridgehead atoms. The fourth-order valence-electron chi connectivity index (χ4n) is 1.51. The molecule has 0 saturated carbocycles. The highest BCUT2D eigenvalue weighted by molar-refractivity contribution is 9.10. The molecule has 0 aromatic carbocycles. The lowest BCUT2D eigenvalue weighted by molar-refractivity contribution is 0.0691. The molecule has 1 aromatic heterocycles. The molecular formula is C13H23BrN4O2. The number of nitrogens with zero attached hydrogens (tertiary/aromatic N) is 2. The van der Waals surface area contributed by atoms with Gasteiger partial charge in [-0.25, -0.2) is 4.98 Å². The second-order valence-corrected chi connectivity index (χ2v) is 5.01. The molecule has 0 fully saturated rings. The number of anilines is 2. The van der Waals surface area contributed by atoms with Gasteiger partial charge in [0.1, 0.15) is 5.82 Å². The minimum Gasteiger partial charge on any atom is -0.382 e. The van der Waals surface area contributed by atoms with E-state index in [0.29, 0.717) is 19.2 Å². The number of methoxy groups -OCH3 is 1. The van der Waals surface area contributed by atoms with Crippen molar-refractivity contribution >= 4 is 27.7 Å². The van der Waals surface area contributed by atoms with Crippen molar-refractivity contribution < 1.29 is 9.47 Å². The zero-order valence-electron chi connectivity index (χ0n) is 12.1. The molecule has 114 valence electrons. The van der Waals surface area contributed by atoms with Gasteiger partial charge in [0.2, 0.25) is 5.95 Å². The predicted octanol–water partition coefficient (Wildman–Crippen LogP) is 2.53. The molecule has 0 spiro atoms. The van der Waals surface area contributed by atoms with Crippen LogP contribution in [0.3, 0.4) is 0 Å². The minimum atomic E-state index is 0.640. The van der Waals surface area contributed by atoms with Crippen LogP contribution >= 0.6 is 15.9 Å². The van der Waals surface area contributed by atoms with E-state index in [0.717, 1.165) is 42.8 Å². The van der Waals surface area contributed by atoms with Crippen LogP contribution < -0.4 is 10.6 Å². The molecule has 20 heavy (non-hydrogen) atoms. The largest absolute Gasteiger partial charge is 0.382 e. The molecule has 0 atom stereocenters. The first-order valence-corrected chi connectivity index (χ1v) is 7.64. The van der Waals surface area contributed by atoms with Crippen molar-refractivity contribution in [3.05, 3.63) is 10.7 Å². The number of nitrogens with one attached hydrogen (secondary N) is 2. The summed E-state index contributed by atoms with van der Waals surface area (Å²) in [4.78, 5) is 8.57. The Morgan fingerprint density at radius 1 is 1.20 bits per heavy atom. The fraction of sp³-hybridized carbons (Fsp3) is 0.692. The fourth-order valence-corrected chi connectivity index (χ4v) is 1.85. The van der Waals surface area contributed by atoms with Crippen molar-refractivity contribution in [3.8, 4) is 0 Å². The molecule has 1 heterocycles. The normalized spacial score (nSPS) is 10.6. The zero-order chi connectivity index (χ0) is 14.6. The molecule has 0 radical (unpaired) electrons. The second-order valence-electron chi connectivity index (χ2n) is 4.16. The molecule has 0 amide bonds. The zero-order valence-corrected chi connectivity index (χ0v) is 13.7. The van der Waals surface area contributed by atoms with Crippen LogP contribution in [0.25, 0.3) is 0 Å². The van der Waals surface area contributed by atoms with Gasteiger partial charge in [0.15, 0.2) is 0 Å². The van der Waals surface area contributed by atoms with E-state index in [2.05, 4.69) is 36.5 Å².